The second kappa shape index (κ2) is 6.61. The first kappa shape index (κ1) is 15.4. The first-order chi connectivity index (χ1) is 9.58. The Labute approximate surface area is 124 Å². The molecular formula is C14H18N2O2S2. The van der Waals surface area contributed by atoms with Gasteiger partial charge in [0.2, 0.25) is 10.0 Å². The van der Waals surface area contributed by atoms with E-state index >= 15 is 0 Å². The SMILES string of the molecule is CSC1CCCCC1NS(=O)(=O)c1ccccc1C#N. The van der Waals surface area contributed by atoms with E-state index in [0.717, 1.165) is 25.7 Å². The number of sulfonamides is 1. The van der Waals surface area contributed by atoms with E-state index in [0.29, 0.717) is 5.25 Å². The molecule has 0 spiro atoms. The molecule has 1 aliphatic carbocycles. The van der Waals surface area contributed by atoms with Crippen LogP contribution < -0.4 is 4.72 Å². The number of nitrogens with zero attached hydrogens (tertiary/aromatic N) is 1. The molecule has 0 radical (unpaired) electrons. The minimum atomic E-state index is -3.63. The number of rotatable bonds is 4. The van der Waals surface area contributed by atoms with Crippen molar-refractivity contribution in [3.63, 3.8) is 0 Å². The first-order valence-electron chi connectivity index (χ1n) is 6.62. The van der Waals surface area contributed by atoms with E-state index in [9.17, 15) is 8.42 Å². The maximum absolute atomic E-state index is 12.5. The smallest absolute Gasteiger partial charge is 0.207 e. The van der Waals surface area contributed by atoms with E-state index in [1.165, 1.54) is 12.1 Å². The van der Waals surface area contributed by atoms with Gasteiger partial charge < -0.3 is 0 Å². The zero-order chi connectivity index (χ0) is 14.6. The Morgan fingerprint density at radius 1 is 1.30 bits per heavy atom. The summed E-state index contributed by atoms with van der Waals surface area (Å²) in [7, 11) is -3.63. The van der Waals surface area contributed by atoms with Crippen LogP contribution in [0.1, 0.15) is 31.2 Å². The first-order valence-corrected chi connectivity index (χ1v) is 9.40. The van der Waals surface area contributed by atoms with Crippen LogP contribution >= 0.6 is 11.8 Å². The van der Waals surface area contributed by atoms with Crippen LogP contribution in [0.2, 0.25) is 0 Å². The predicted molar refractivity (Wildman–Crippen MR) is 81.0 cm³/mol. The van der Waals surface area contributed by atoms with Gasteiger partial charge in [-0.1, -0.05) is 25.0 Å². The zero-order valence-corrected chi connectivity index (χ0v) is 13.0. The number of thioether (sulfide) groups is 1. The van der Waals surface area contributed by atoms with E-state index in [2.05, 4.69) is 4.72 Å². The van der Waals surface area contributed by atoms with Gasteiger partial charge in [0.05, 0.1) is 10.5 Å². The van der Waals surface area contributed by atoms with Gasteiger partial charge in [0.25, 0.3) is 0 Å². The summed E-state index contributed by atoms with van der Waals surface area (Å²) in [5.74, 6) is 0. The monoisotopic (exact) mass is 310 g/mol. The van der Waals surface area contributed by atoms with Crippen molar-refractivity contribution in [1.82, 2.24) is 4.72 Å². The van der Waals surface area contributed by atoms with E-state index in [1.807, 2.05) is 12.3 Å². The maximum atomic E-state index is 12.5. The fraction of sp³-hybridized carbons (Fsp3) is 0.500. The molecule has 2 rings (SSSR count). The summed E-state index contributed by atoms with van der Waals surface area (Å²) in [6, 6.07) is 8.22. The topological polar surface area (TPSA) is 70.0 Å². The maximum Gasteiger partial charge on any atom is 0.242 e. The average molecular weight is 310 g/mol. The molecular weight excluding hydrogens is 292 g/mol. The average Bonchev–Trinajstić information content (AvgIpc) is 2.47. The molecule has 0 saturated heterocycles. The molecule has 2 unspecified atom stereocenters. The zero-order valence-electron chi connectivity index (χ0n) is 11.4. The highest BCUT2D eigenvalue weighted by Gasteiger charge is 2.29. The molecule has 0 amide bonds. The molecule has 1 aliphatic rings. The van der Waals surface area contributed by atoms with Crippen molar-refractivity contribution in [3.05, 3.63) is 29.8 Å². The van der Waals surface area contributed by atoms with Gasteiger partial charge in [0.15, 0.2) is 0 Å². The summed E-state index contributed by atoms with van der Waals surface area (Å²) in [4.78, 5) is 0.0768. The van der Waals surface area contributed by atoms with E-state index < -0.39 is 10.0 Å². The van der Waals surface area contributed by atoms with E-state index in [1.54, 1.807) is 23.9 Å². The predicted octanol–water partition coefficient (Wildman–Crippen LogP) is 2.51. The number of hydrogen-bond donors (Lipinski definition) is 1. The Balaban J connectivity index is 2.25. The van der Waals surface area contributed by atoms with Gasteiger partial charge in [-0.05, 0) is 31.2 Å². The number of nitriles is 1. The highest BCUT2D eigenvalue weighted by molar-refractivity contribution is 7.99. The quantitative estimate of drug-likeness (QED) is 0.927. The molecule has 6 heteroatoms. The highest BCUT2D eigenvalue weighted by Crippen LogP contribution is 2.28. The van der Waals surface area contributed by atoms with Crippen molar-refractivity contribution in [2.45, 2.75) is 41.9 Å². The van der Waals surface area contributed by atoms with Crippen LogP contribution in [-0.2, 0) is 10.0 Å². The lowest BCUT2D eigenvalue weighted by molar-refractivity contribution is 0.423. The van der Waals surface area contributed by atoms with Gasteiger partial charge in [-0.3, -0.25) is 0 Å². The van der Waals surface area contributed by atoms with Gasteiger partial charge in [-0.2, -0.15) is 17.0 Å². The van der Waals surface area contributed by atoms with Crippen LogP contribution in [0.4, 0.5) is 0 Å². The summed E-state index contributed by atoms with van der Waals surface area (Å²) in [5, 5.41) is 9.35. The molecule has 1 saturated carbocycles. The molecule has 0 bridgehead atoms. The lowest BCUT2D eigenvalue weighted by Gasteiger charge is -2.30. The molecule has 1 aromatic rings. The number of benzene rings is 1. The van der Waals surface area contributed by atoms with Crippen LogP contribution in [0, 0.1) is 11.3 Å². The van der Waals surface area contributed by atoms with Gasteiger partial charge in [-0.15, -0.1) is 0 Å². The Bertz CT molecular complexity index is 608. The van der Waals surface area contributed by atoms with Crippen LogP contribution in [0.5, 0.6) is 0 Å². The molecule has 108 valence electrons. The van der Waals surface area contributed by atoms with Crippen molar-refractivity contribution in [2.24, 2.45) is 0 Å². The lowest BCUT2D eigenvalue weighted by Crippen LogP contribution is -2.43. The third-order valence-electron chi connectivity index (χ3n) is 3.61. The highest BCUT2D eigenvalue weighted by atomic mass is 32.2. The molecule has 0 aliphatic heterocycles. The van der Waals surface area contributed by atoms with Gasteiger partial charge >= 0.3 is 0 Å². The van der Waals surface area contributed by atoms with Crippen molar-refractivity contribution >= 4 is 21.8 Å². The fourth-order valence-corrected chi connectivity index (χ4v) is 5.06. The molecule has 1 fully saturated rings. The van der Waals surface area contributed by atoms with E-state index in [4.69, 9.17) is 5.26 Å². The summed E-state index contributed by atoms with van der Waals surface area (Å²) >= 11 is 1.71. The molecule has 0 aromatic heterocycles. The normalized spacial score (nSPS) is 23.2. The van der Waals surface area contributed by atoms with Crippen molar-refractivity contribution in [3.8, 4) is 6.07 Å². The number of hydrogen-bond acceptors (Lipinski definition) is 4. The van der Waals surface area contributed by atoms with Gasteiger partial charge in [0.1, 0.15) is 6.07 Å². The summed E-state index contributed by atoms with van der Waals surface area (Å²) < 4.78 is 27.7. The molecule has 2 atom stereocenters. The van der Waals surface area contributed by atoms with Crippen LogP contribution in [0.25, 0.3) is 0 Å². The summed E-state index contributed by atoms with van der Waals surface area (Å²) in [6.45, 7) is 0. The Morgan fingerprint density at radius 3 is 2.70 bits per heavy atom. The fourth-order valence-electron chi connectivity index (χ4n) is 2.57. The molecule has 0 heterocycles. The third-order valence-corrected chi connectivity index (χ3v) is 6.33. The minimum absolute atomic E-state index is 0.0458. The van der Waals surface area contributed by atoms with Gasteiger partial charge in [0, 0.05) is 11.3 Å². The molecule has 20 heavy (non-hydrogen) atoms. The molecule has 4 nitrogen and oxygen atoms in total. The van der Waals surface area contributed by atoms with Crippen molar-refractivity contribution in [1.29, 1.82) is 5.26 Å². The van der Waals surface area contributed by atoms with Crippen LogP contribution in [0.15, 0.2) is 29.2 Å². The molecule has 1 N–H and O–H groups in total. The second-order valence-corrected chi connectivity index (χ2v) is 7.65. The van der Waals surface area contributed by atoms with Gasteiger partial charge in [-0.25, -0.2) is 13.1 Å². The Kier molecular flexibility index (Phi) is 5.08. The van der Waals surface area contributed by atoms with Crippen LogP contribution in [-0.4, -0.2) is 26.0 Å². The standard InChI is InChI=1S/C14H18N2O2S2/c1-19-13-8-4-3-7-12(13)16-20(17,18)14-9-5-2-6-11(14)10-15/h2,5-6,9,12-13,16H,3-4,7-8H2,1H3. The summed E-state index contributed by atoms with van der Waals surface area (Å²) in [6.07, 6.45) is 6.11. The van der Waals surface area contributed by atoms with Crippen molar-refractivity contribution in [2.75, 3.05) is 6.26 Å². The lowest BCUT2D eigenvalue weighted by atomic mass is 9.96. The van der Waals surface area contributed by atoms with Crippen molar-refractivity contribution < 1.29 is 8.42 Å². The van der Waals surface area contributed by atoms with Crippen LogP contribution in [0.3, 0.4) is 0 Å². The Morgan fingerprint density at radius 2 is 2.00 bits per heavy atom. The van der Waals surface area contributed by atoms with E-state index in [-0.39, 0.29) is 16.5 Å². The Hall–Kier alpha value is -1.03. The minimum Gasteiger partial charge on any atom is -0.207 e. The molecule has 1 aromatic carbocycles. The largest absolute Gasteiger partial charge is 0.242 e. The number of nitrogens with one attached hydrogen (secondary N) is 1. The summed E-state index contributed by atoms with van der Waals surface area (Å²) in [5.41, 5.74) is 0.191. The third kappa shape index (κ3) is 3.35. The second-order valence-electron chi connectivity index (χ2n) is 4.89.